The van der Waals surface area contributed by atoms with Crippen LogP contribution >= 0.6 is 0 Å². The second kappa shape index (κ2) is 6.84. The molecule has 0 N–H and O–H groups in total. The number of benzene rings is 2. The van der Waals surface area contributed by atoms with Crippen molar-refractivity contribution in [2.45, 2.75) is 40.3 Å². The third kappa shape index (κ3) is 2.93. The molecule has 0 bridgehead atoms. The van der Waals surface area contributed by atoms with Gasteiger partial charge in [0.25, 0.3) is 0 Å². The molecule has 0 spiro atoms. The summed E-state index contributed by atoms with van der Waals surface area (Å²) in [5, 5.41) is 4.89. The van der Waals surface area contributed by atoms with E-state index in [1.807, 2.05) is 36.0 Å². The van der Waals surface area contributed by atoms with Crippen molar-refractivity contribution >= 4 is 11.5 Å². The minimum absolute atomic E-state index is 0.462. The van der Waals surface area contributed by atoms with Crippen LogP contribution in [0.4, 0.5) is 15.9 Å². The molecule has 3 aromatic rings. The molecular formula is C23H26FN3. The Morgan fingerprint density at radius 1 is 1.07 bits per heavy atom. The van der Waals surface area contributed by atoms with Gasteiger partial charge in [0, 0.05) is 30.4 Å². The molecular weight excluding hydrogens is 337 g/mol. The number of aromatic nitrogens is 2. The van der Waals surface area contributed by atoms with Gasteiger partial charge >= 0.3 is 0 Å². The van der Waals surface area contributed by atoms with E-state index in [9.17, 15) is 4.39 Å². The van der Waals surface area contributed by atoms with E-state index in [1.165, 1.54) is 27.9 Å². The summed E-state index contributed by atoms with van der Waals surface area (Å²) in [7, 11) is 1.97. The van der Waals surface area contributed by atoms with Crippen molar-refractivity contribution in [1.29, 1.82) is 0 Å². The van der Waals surface area contributed by atoms with Gasteiger partial charge in [-0.05, 0) is 50.3 Å². The fourth-order valence-electron chi connectivity index (χ4n) is 4.54. The van der Waals surface area contributed by atoms with Gasteiger partial charge in [0.05, 0.1) is 5.69 Å². The van der Waals surface area contributed by atoms with Gasteiger partial charge in [-0.3, -0.25) is 4.68 Å². The maximum absolute atomic E-state index is 13.6. The molecule has 2 aromatic carbocycles. The number of alkyl halides is 1. The molecule has 4 heteroatoms. The van der Waals surface area contributed by atoms with Gasteiger partial charge in [-0.1, -0.05) is 42.0 Å². The van der Waals surface area contributed by atoms with Crippen molar-refractivity contribution in [2.75, 3.05) is 11.4 Å². The highest BCUT2D eigenvalue weighted by Gasteiger charge is 2.28. The normalized spacial score (nSPS) is 13.7. The fourth-order valence-corrected chi connectivity index (χ4v) is 4.54. The predicted octanol–water partition coefficient (Wildman–Crippen LogP) is 5.57. The lowest BCUT2D eigenvalue weighted by Crippen LogP contribution is -2.26. The minimum atomic E-state index is -0.462. The lowest BCUT2D eigenvalue weighted by molar-refractivity contribution is 0.486. The molecule has 0 atom stereocenters. The fraction of sp³-hybridized carbons (Fsp3) is 0.348. The number of hydrogen-bond acceptors (Lipinski definition) is 2. The SMILES string of the molecule is Cc1cc(C)c(N2CCCc3c2nn(C)c3-c2ccccc2CF)c(C)c1. The average molecular weight is 363 g/mol. The van der Waals surface area contributed by atoms with Crippen LogP contribution in [-0.4, -0.2) is 16.3 Å². The van der Waals surface area contributed by atoms with Crippen molar-refractivity contribution in [1.82, 2.24) is 9.78 Å². The van der Waals surface area contributed by atoms with Crippen LogP contribution in [0, 0.1) is 20.8 Å². The van der Waals surface area contributed by atoms with Gasteiger partial charge in [0.1, 0.15) is 6.67 Å². The van der Waals surface area contributed by atoms with Crippen molar-refractivity contribution < 1.29 is 4.39 Å². The van der Waals surface area contributed by atoms with Crippen molar-refractivity contribution in [3.05, 3.63) is 64.2 Å². The molecule has 1 aromatic heterocycles. The molecule has 1 aliphatic rings. The molecule has 140 valence electrons. The Bertz CT molecular complexity index is 980. The molecule has 4 rings (SSSR count). The summed E-state index contributed by atoms with van der Waals surface area (Å²) in [5.74, 6) is 1.02. The van der Waals surface area contributed by atoms with Crippen molar-refractivity contribution in [3.63, 3.8) is 0 Å². The predicted molar refractivity (Wildman–Crippen MR) is 109 cm³/mol. The zero-order chi connectivity index (χ0) is 19.1. The average Bonchev–Trinajstić information content (AvgIpc) is 2.97. The second-order valence-corrected chi connectivity index (χ2v) is 7.57. The Labute approximate surface area is 160 Å². The van der Waals surface area contributed by atoms with Crippen LogP contribution in [0.15, 0.2) is 36.4 Å². The molecule has 0 fully saturated rings. The Balaban J connectivity index is 1.89. The van der Waals surface area contributed by atoms with Gasteiger partial charge in [-0.2, -0.15) is 5.10 Å². The second-order valence-electron chi connectivity index (χ2n) is 7.57. The quantitative estimate of drug-likeness (QED) is 0.607. The Morgan fingerprint density at radius 3 is 2.48 bits per heavy atom. The molecule has 1 aliphatic heterocycles. The zero-order valence-corrected chi connectivity index (χ0v) is 16.5. The van der Waals surface area contributed by atoms with Crippen molar-refractivity contribution in [2.24, 2.45) is 7.05 Å². The molecule has 3 nitrogen and oxygen atoms in total. The number of fused-ring (bicyclic) bond motifs is 1. The Kier molecular flexibility index (Phi) is 4.50. The van der Waals surface area contributed by atoms with Crippen LogP contribution in [0.1, 0.15) is 34.2 Å². The standard InChI is InChI=1S/C23H26FN3/c1-15-12-16(2)21(17(3)13-15)27-11-7-10-20-22(26(4)25-23(20)27)19-9-6-5-8-18(19)14-24/h5-6,8-9,12-13H,7,10-11,14H2,1-4H3. The van der Waals surface area contributed by atoms with Crippen LogP contribution in [0.25, 0.3) is 11.3 Å². The van der Waals surface area contributed by atoms with E-state index in [1.54, 1.807) is 0 Å². The first kappa shape index (κ1) is 17.8. The highest BCUT2D eigenvalue weighted by molar-refractivity contribution is 5.78. The molecule has 2 heterocycles. The first-order chi connectivity index (χ1) is 13.0. The lowest BCUT2D eigenvalue weighted by atomic mass is 9.96. The largest absolute Gasteiger partial charge is 0.324 e. The van der Waals surface area contributed by atoms with Gasteiger partial charge < -0.3 is 4.90 Å². The molecule has 27 heavy (non-hydrogen) atoms. The number of halogens is 1. The van der Waals surface area contributed by atoms with Crippen LogP contribution in [0.5, 0.6) is 0 Å². The topological polar surface area (TPSA) is 21.1 Å². The number of hydrogen-bond donors (Lipinski definition) is 0. The summed E-state index contributed by atoms with van der Waals surface area (Å²) in [6.07, 6.45) is 2.04. The number of rotatable bonds is 3. The Hall–Kier alpha value is -2.62. The maximum atomic E-state index is 13.6. The number of nitrogens with zero attached hydrogens (tertiary/aromatic N) is 3. The summed E-state index contributed by atoms with van der Waals surface area (Å²) < 4.78 is 15.5. The molecule has 0 amide bonds. The highest BCUT2D eigenvalue weighted by Crippen LogP contribution is 2.41. The molecule has 0 saturated heterocycles. The van der Waals surface area contributed by atoms with E-state index in [0.717, 1.165) is 42.0 Å². The Morgan fingerprint density at radius 2 is 1.78 bits per heavy atom. The number of anilines is 2. The number of aryl methyl sites for hydroxylation is 4. The highest BCUT2D eigenvalue weighted by atomic mass is 19.1. The van der Waals surface area contributed by atoms with Gasteiger partial charge in [0.15, 0.2) is 5.82 Å². The van der Waals surface area contributed by atoms with Crippen LogP contribution < -0.4 is 4.90 Å². The van der Waals surface area contributed by atoms with E-state index >= 15 is 0 Å². The first-order valence-electron chi connectivity index (χ1n) is 9.56. The first-order valence-corrected chi connectivity index (χ1v) is 9.56. The van der Waals surface area contributed by atoms with Gasteiger partial charge in [-0.25, -0.2) is 4.39 Å². The summed E-state index contributed by atoms with van der Waals surface area (Å²) in [6.45, 7) is 6.98. The molecule has 0 radical (unpaired) electrons. The van der Waals surface area contributed by atoms with Gasteiger partial charge in [0.2, 0.25) is 0 Å². The monoisotopic (exact) mass is 363 g/mol. The van der Waals surface area contributed by atoms with Gasteiger partial charge in [-0.15, -0.1) is 0 Å². The summed E-state index contributed by atoms with van der Waals surface area (Å²) >= 11 is 0. The molecule has 0 unspecified atom stereocenters. The van der Waals surface area contributed by atoms with E-state index in [0.29, 0.717) is 0 Å². The van der Waals surface area contributed by atoms with Crippen LogP contribution in [0.3, 0.4) is 0 Å². The third-order valence-electron chi connectivity index (χ3n) is 5.51. The van der Waals surface area contributed by atoms with E-state index in [4.69, 9.17) is 5.10 Å². The smallest absolute Gasteiger partial charge is 0.158 e. The maximum Gasteiger partial charge on any atom is 0.158 e. The third-order valence-corrected chi connectivity index (χ3v) is 5.51. The van der Waals surface area contributed by atoms with Crippen LogP contribution in [-0.2, 0) is 20.1 Å². The van der Waals surface area contributed by atoms with Crippen LogP contribution in [0.2, 0.25) is 0 Å². The lowest BCUT2D eigenvalue weighted by Gasteiger charge is -2.31. The summed E-state index contributed by atoms with van der Waals surface area (Å²) in [5.41, 5.74) is 9.04. The molecule has 0 saturated carbocycles. The van der Waals surface area contributed by atoms with Crippen molar-refractivity contribution in [3.8, 4) is 11.3 Å². The van der Waals surface area contributed by atoms with E-state index in [2.05, 4.69) is 37.8 Å². The van der Waals surface area contributed by atoms with E-state index in [-0.39, 0.29) is 0 Å². The summed E-state index contributed by atoms with van der Waals surface area (Å²) in [6, 6.07) is 12.2. The van der Waals surface area contributed by atoms with E-state index < -0.39 is 6.67 Å². The summed E-state index contributed by atoms with van der Waals surface area (Å²) in [4.78, 5) is 2.35. The molecule has 0 aliphatic carbocycles. The minimum Gasteiger partial charge on any atom is -0.324 e. The zero-order valence-electron chi connectivity index (χ0n) is 16.5.